The van der Waals surface area contributed by atoms with Gasteiger partial charge in [0.05, 0.1) is 17.2 Å². The van der Waals surface area contributed by atoms with Crippen LogP contribution in [0.25, 0.3) is 0 Å². The summed E-state index contributed by atoms with van der Waals surface area (Å²) in [6.07, 6.45) is 1.03. The van der Waals surface area contributed by atoms with Gasteiger partial charge < -0.3 is 10.2 Å². The van der Waals surface area contributed by atoms with Crippen LogP contribution in [0.1, 0.15) is 28.6 Å². The van der Waals surface area contributed by atoms with Crippen LogP contribution in [-0.2, 0) is 6.54 Å². The second kappa shape index (κ2) is 5.85. The molecule has 1 heterocycles. The minimum absolute atomic E-state index is 0.0240. The van der Waals surface area contributed by atoms with Crippen molar-refractivity contribution in [2.24, 2.45) is 0 Å². The molecule has 0 spiro atoms. The van der Waals surface area contributed by atoms with Gasteiger partial charge in [-0.3, -0.25) is 0 Å². The SMILES string of the molecule is Cc1nc(CN(C)C(=O)N[C@@H]2C[C@@H]2c2ccccc2)cs1. The van der Waals surface area contributed by atoms with Crippen LogP contribution in [-0.4, -0.2) is 29.0 Å². The summed E-state index contributed by atoms with van der Waals surface area (Å²) >= 11 is 1.61. The van der Waals surface area contributed by atoms with Crippen LogP contribution in [0.2, 0.25) is 0 Å². The molecule has 1 fully saturated rings. The van der Waals surface area contributed by atoms with Crippen LogP contribution in [0, 0.1) is 6.92 Å². The number of hydrogen-bond acceptors (Lipinski definition) is 3. The zero-order valence-corrected chi connectivity index (χ0v) is 13.1. The van der Waals surface area contributed by atoms with E-state index in [2.05, 4.69) is 22.4 Å². The van der Waals surface area contributed by atoms with Crippen molar-refractivity contribution in [3.8, 4) is 0 Å². The van der Waals surface area contributed by atoms with Gasteiger partial charge in [0, 0.05) is 24.4 Å². The zero-order chi connectivity index (χ0) is 14.8. The fourth-order valence-electron chi connectivity index (χ4n) is 2.49. The molecule has 3 rings (SSSR count). The minimum Gasteiger partial charge on any atom is -0.335 e. The third-order valence-corrected chi connectivity index (χ3v) is 4.56. The summed E-state index contributed by atoms with van der Waals surface area (Å²) in [6, 6.07) is 10.6. The first kappa shape index (κ1) is 14.1. The summed E-state index contributed by atoms with van der Waals surface area (Å²) in [5.74, 6) is 0.463. The summed E-state index contributed by atoms with van der Waals surface area (Å²) in [5.41, 5.74) is 2.26. The summed E-state index contributed by atoms with van der Waals surface area (Å²) in [6.45, 7) is 2.53. The first-order chi connectivity index (χ1) is 10.1. The van der Waals surface area contributed by atoms with Crippen molar-refractivity contribution in [2.75, 3.05) is 7.05 Å². The maximum Gasteiger partial charge on any atom is 0.317 e. The Morgan fingerprint density at radius 2 is 2.19 bits per heavy atom. The van der Waals surface area contributed by atoms with Gasteiger partial charge in [-0.25, -0.2) is 9.78 Å². The standard InChI is InChI=1S/C16H19N3OS/c1-11-17-13(10-21-11)9-19(2)16(20)18-15-8-14(15)12-6-4-3-5-7-12/h3-7,10,14-15H,8-9H2,1-2H3,(H,18,20)/t14-,15-/m1/s1. The lowest BCUT2D eigenvalue weighted by molar-refractivity contribution is 0.205. The third kappa shape index (κ3) is 3.42. The Morgan fingerprint density at radius 1 is 1.43 bits per heavy atom. The third-order valence-electron chi connectivity index (χ3n) is 3.74. The van der Waals surface area contributed by atoms with E-state index in [-0.39, 0.29) is 12.1 Å². The van der Waals surface area contributed by atoms with Gasteiger partial charge in [0.1, 0.15) is 0 Å². The number of rotatable bonds is 4. The molecule has 2 aromatic rings. The van der Waals surface area contributed by atoms with Gasteiger partial charge in [-0.1, -0.05) is 30.3 Å². The molecule has 1 aromatic heterocycles. The predicted molar refractivity (Wildman–Crippen MR) is 84.4 cm³/mol. The summed E-state index contributed by atoms with van der Waals surface area (Å²) < 4.78 is 0. The van der Waals surface area contributed by atoms with Crippen LogP contribution in [0.5, 0.6) is 0 Å². The van der Waals surface area contributed by atoms with E-state index in [1.165, 1.54) is 5.56 Å². The second-order valence-corrected chi connectivity index (χ2v) is 6.59. The number of nitrogens with zero attached hydrogens (tertiary/aromatic N) is 2. The number of amides is 2. The normalized spacial score (nSPS) is 20.1. The molecule has 0 saturated heterocycles. The summed E-state index contributed by atoms with van der Waals surface area (Å²) in [4.78, 5) is 18.2. The Balaban J connectivity index is 1.51. The average molecular weight is 301 g/mol. The lowest BCUT2D eigenvalue weighted by Crippen LogP contribution is -2.38. The average Bonchev–Trinajstić information content (AvgIpc) is 3.13. The number of carbonyl (C=O) groups excluding carboxylic acids is 1. The van der Waals surface area contributed by atoms with E-state index < -0.39 is 0 Å². The Hall–Kier alpha value is -1.88. The van der Waals surface area contributed by atoms with Crippen LogP contribution < -0.4 is 5.32 Å². The van der Waals surface area contributed by atoms with Crippen LogP contribution in [0.15, 0.2) is 35.7 Å². The van der Waals surface area contributed by atoms with E-state index in [9.17, 15) is 4.79 Å². The first-order valence-corrected chi connectivity index (χ1v) is 7.99. The molecule has 2 atom stereocenters. The van der Waals surface area contributed by atoms with Crippen LogP contribution >= 0.6 is 11.3 Å². The van der Waals surface area contributed by atoms with Crippen LogP contribution in [0.3, 0.4) is 0 Å². The van der Waals surface area contributed by atoms with Crippen molar-refractivity contribution in [1.29, 1.82) is 0 Å². The number of hydrogen-bond donors (Lipinski definition) is 1. The fraction of sp³-hybridized carbons (Fsp3) is 0.375. The maximum atomic E-state index is 12.2. The van der Waals surface area contributed by atoms with E-state index in [4.69, 9.17) is 0 Å². The molecule has 110 valence electrons. The van der Waals surface area contributed by atoms with E-state index >= 15 is 0 Å². The van der Waals surface area contributed by atoms with Gasteiger partial charge >= 0.3 is 6.03 Å². The molecule has 0 bridgehead atoms. The van der Waals surface area contributed by atoms with E-state index in [1.807, 2.05) is 37.6 Å². The highest BCUT2D eigenvalue weighted by Gasteiger charge is 2.39. The predicted octanol–water partition coefficient (Wildman–Crippen LogP) is 3.15. The second-order valence-electron chi connectivity index (χ2n) is 5.52. The molecule has 1 saturated carbocycles. The summed E-state index contributed by atoms with van der Waals surface area (Å²) in [5, 5.41) is 6.13. The number of nitrogens with one attached hydrogen (secondary N) is 1. The first-order valence-electron chi connectivity index (χ1n) is 7.11. The molecule has 0 radical (unpaired) electrons. The van der Waals surface area contributed by atoms with Gasteiger partial charge in [0.15, 0.2) is 0 Å². The Kier molecular flexibility index (Phi) is 3.92. The number of carbonyl (C=O) groups is 1. The molecular formula is C16H19N3OS. The fourth-order valence-corrected chi connectivity index (χ4v) is 3.09. The topological polar surface area (TPSA) is 45.2 Å². The number of thiazole rings is 1. The zero-order valence-electron chi connectivity index (χ0n) is 12.2. The molecule has 1 aliphatic rings. The van der Waals surface area contributed by atoms with E-state index in [0.717, 1.165) is 17.1 Å². The Morgan fingerprint density at radius 3 is 2.86 bits per heavy atom. The van der Waals surface area contributed by atoms with Gasteiger partial charge in [0.2, 0.25) is 0 Å². The summed E-state index contributed by atoms with van der Waals surface area (Å²) in [7, 11) is 1.81. The quantitative estimate of drug-likeness (QED) is 0.943. The molecule has 1 N–H and O–H groups in total. The maximum absolute atomic E-state index is 12.2. The number of urea groups is 1. The van der Waals surface area contributed by atoms with E-state index in [1.54, 1.807) is 16.2 Å². The molecule has 1 aliphatic carbocycles. The Bertz CT molecular complexity index is 625. The molecule has 0 unspecified atom stereocenters. The number of benzene rings is 1. The van der Waals surface area contributed by atoms with Crippen molar-refractivity contribution in [1.82, 2.24) is 15.2 Å². The molecule has 0 aliphatic heterocycles. The number of aromatic nitrogens is 1. The molecule has 21 heavy (non-hydrogen) atoms. The van der Waals surface area contributed by atoms with Gasteiger partial charge in [0.25, 0.3) is 0 Å². The van der Waals surface area contributed by atoms with Crippen molar-refractivity contribution >= 4 is 17.4 Å². The molecule has 4 nitrogen and oxygen atoms in total. The van der Waals surface area contributed by atoms with Crippen molar-refractivity contribution in [2.45, 2.75) is 31.8 Å². The highest BCUT2D eigenvalue weighted by molar-refractivity contribution is 7.09. The Labute approximate surface area is 128 Å². The number of aryl methyl sites for hydroxylation is 1. The lowest BCUT2D eigenvalue weighted by Gasteiger charge is -2.17. The van der Waals surface area contributed by atoms with Gasteiger partial charge in [-0.15, -0.1) is 11.3 Å². The molecular weight excluding hydrogens is 282 g/mol. The molecule has 2 amide bonds. The highest BCUT2D eigenvalue weighted by Crippen LogP contribution is 2.40. The lowest BCUT2D eigenvalue weighted by atomic mass is 10.1. The van der Waals surface area contributed by atoms with Crippen molar-refractivity contribution < 1.29 is 4.79 Å². The van der Waals surface area contributed by atoms with Crippen molar-refractivity contribution in [3.63, 3.8) is 0 Å². The van der Waals surface area contributed by atoms with Gasteiger partial charge in [-0.05, 0) is 18.9 Å². The molecule has 5 heteroatoms. The largest absolute Gasteiger partial charge is 0.335 e. The minimum atomic E-state index is -0.0240. The van der Waals surface area contributed by atoms with E-state index in [0.29, 0.717) is 12.5 Å². The molecule has 1 aromatic carbocycles. The smallest absolute Gasteiger partial charge is 0.317 e. The van der Waals surface area contributed by atoms with Gasteiger partial charge in [-0.2, -0.15) is 0 Å². The monoisotopic (exact) mass is 301 g/mol. The van der Waals surface area contributed by atoms with Crippen LogP contribution in [0.4, 0.5) is 4.79 Å². The van der Waals surface area contributed by atoms with Crippen molar-refractivity contribution in [3.05, 3.63) is 52.0 Å². The highest BCUT2D eigenvalue weighted by atomic mass is 32.1.